The van der Waals surface area contributed by atoms with E-state index in [0.717, 1.165) is 9.26 Å². The molecule has 0 radical (unpaired) electrons. The molecule has 0 aromatic heterocycles. The Morgan fingerprint density at radius 3 is 2.85 bits per heavy atom. The van der Waals surface area contributed by atoms with Crippen molar-refractivity contribution in [2.24, 2.45) is 0 Å². The van der Waals surface area contributed by atoms with Crippen LogP contribution in [-0.4, -0.2) is 17.0 Å². The zero-order valence-corrected chi connectivity index (χ0v) is 10.3. The lowest BCUT2D eigenvalue weighted by atomic mass is 10.3. The van der Waals surface area contributed by atoms with Crippen molar-refractivity contribution in [3.05, 3.63) is 21.8 Å². The fourth-order valence-electron chi connectivity index (χ4n) is 0.867. The number of thioether (sulfide) groups is 1. The van der Waals surface area contributed by atoms with Gasteiger partial charge < -0.3 is 10.8 Å². The second-order valence-corrected chi connectivity index (χ2v) is 5.44. The van der Waals surface area contributed by atoms with E-state index < -0.39 is 0 Å². The van der Waals surface area contributed by atoms with Crippen molar-refractivity contribution in [1.82, 2.24) is 0 Å². The van der Waals surface area contributed by atoms with Gasteiger partial charge in [-0.1, -0.05) is 6.92 Å². The average molecular weight is 309 g/mol. The lowest BCUT2D eigenvalue weighted by Crippen LogP contribution is -2.02. The summed E-state index contributed by atoms with van der Waals surface area (Å²) in [6.45, 7) is 2.20. The smallest absolute Gasteiger partial charge is 0.0550 e. The van der Waals surface area contributed by atoms with Crippen molar-refractivity contribution in [2.45, 2.75) is 17.1 Å². The maximum Gasteiger partial charge on any atom is 0.0550 e. The minimum Gasteiger partial charge on any atom is -0.399 e. The van der Waals surface area contributed by atoms with Crippen LogP contribution in [0.3, 0.4) is 0 Å². The molecule has 0 aliphatic carbocycles. The molecular formula is C9H12INOS. The molecule has 1 aromatic rings. The molecule has 0 aliphatic heterocycles. The number of hydrogen-bond donors (Lipinski definition) is 2. The first-order chi connectivity index (χ1) is 6.13. The van der Waals surface area contributed by atoms with Crippen LogP contribution in [0.5, 0.6) is 0 Å². The zero-order valence-electron chi connectivity index (χ0n) is 7.33. The summed E-state index contributed by atoms with van der Waals surface area (Å²) < 4.78 is 1.14. The van der Waals surface area contributed by atoms with Gasteiger partial charge in [-0.3, -0.25) is 0 Å². The monoisotopic (exact) mass is 309 g/mol. The van der Waals surface area contributed by atoms with E-state index in [1.807, 2.05) is 25.1 Å². The van der Waals surface area contributed by atoms with Gasteiger partial charge in [-0.25, -0.2) is 0 Å². The Morgan fingerprint density at radius 2 is 2.31 bits per heavy atom. The average Bonchev–Trinajstić information content (AvgIpc) is 2.09. The van der Waals surface area contributed by atoms with Gasteiger partial charge in [-0.15, -0.1) is 11.8 Å². The third kappa shape index (κ3) is 3.36. The van der Waals surface area contributed by atoms with E-state index in [4.69, 9.17) is 10.8 Å². The summed E-state index contributed by atoms with van der Waals surface area (Å²) >= 11 is 3.92. The molecule has 0 aliphatic rings. The predicted octanol–water partition coefficient (Wildman–Crippen LogP) is 2.35. The molecule has 3 N–H and O–H groups in total. The highest BCUT2D eigenvalue weighted by Gasteiger charge is 2.05. The van der Waals surface area contributed by atoms with Crippen molar-refractivity contribution >= 4 is 40.0 Å². The van der Waals surface area contributed by atoms with E-state index in [2.05, 4.69) is 22.6 Å². The molecule has 4 heteroatoms. The number of aliphatic hydroxyl groups is 1. The number of nitrogens with two attached hydrogens (primary N) is 1. The van der Waals surface area contributed by atoms with Crippen LogP contribution in [0.25, 0.3) is 0 Å². The van der Waals surface area contributed by atoms with Gasteiger partial charge in [0.1, 0.15) is 0 Å². The molecular weight excluding hydrogens is 297 g/mol. The molecule has 0 saturated heterocycles. The summed E-state index contributed by atoms with van der Waals surface area (Å²) in [5, 5.41) is 9.13. The topological polar surface area (TPSA) is 46.2 Å². The SMILES string of the molecule is CC(CO)Sc1ccc(N)cc1I. The Bertz CT molecular complexity index is 293. The third-order valence-corrected chi connectivity index (χ3v) is 3.96. The summed E-state index contributed by atoms with van der Waals surface area (Å²) in [5.74, 6) is 0. The van der Waals surface area contributed by atoms with Crippen molar-refractivity contribution in [2.75, 3.05) is 12.3 Å². The summed E-state index contributed by atoms with van der Waals surface area (Å²) in [5.41, 5.74) is 6.41. The Labute approximate surface area is 96.0 Å². The molecule has 1 atom stereocenters. The quantitative estimate of drug-likeness (QED) is 0.512. The van der Waals surface area contributed by atoms with Gasteiger partial charge in [0, 0.05) is 19.4 Å². The van der Waals surface area contributed by atoms with Crippen LogP contribution < -0.4 is 5.73 Å². The minimum absolute atomic E-state index is 0.200. The molecule has 13 heavy (non-hydrogen) atoms. The van der Waals surface area contributed by atoms with Crippen LogP contribution in [-0.2, 0) is 0 Å². The first-order valence-corrected chi connectivity index (χ1v) is 5.92. The third-order valence-electron chi connectivity index (χ3n) is 1.54. The van der Waals surface area contributed by atoms with Gasteiger partial charge in [-0.05, 0) is 40.8 Å². The van der Waals surface area contributed by atoms with Gasteiger partial charge in [0.25, 0.3) is 0 Å². The van der Waals surface area contributed by atoms with Crippen LogP contribution in [0.2, 0.25) is 0 Å². The summed E-state index contributed by atoms with van der Waals surface area (Å²) in [6.07, 6.45) is 0. The summed E-state index contributed by atoms with van der Waals surface area (Å²) in [6, 6.07) is 5.81. The highest BCUT2D eigenvalue weighted by molar-refractivity contribution is 14.1. The number of halogens is 1. The van der Waals surface area contributed by atoms with Crippen LogP contribution >= 0.6 is 34.4 Å². The summed E-state index contributed by atoms with van der Waals surface area (Å²) in [7, 11) is 0. The van der Waals surface area contributed by atoms with Crippen molar-refractivity contribution in [3.8, 4) is 0 Å². The van der Waals surface area contributed by atoms with Gasteiger partial charge in [0.2, 0.25) is 0 Å². The lowest BCUT2D eigenvalue weighted by molar-refractivity contribution is 0.300. The van der Waals surface area contributed by atoms with E-state index in [9.17, 15) is 0 Å². The molecule has 0 bridgehead atoms. The standard InChI is InChI=1S/C9H12INOS/c1-6(5-12)13-9-3-2-7(11)4-8(9)10/h2-4,6,12H,5,11H2,1H3. The lowest BCUT2D eigenvalue weighted by Gasteiger charge is -2.09. The van der Waals surface area contributed by atoms with E-state index in [0.29, 0.717) is 0 Å². The molecule has 0 fully saturated rings. The van der Waals surface area contributed by atoms with Crippen LogP contribution in [0.15, 0.2) is 23.1 Å². The first-order valence-electron chi connectivity index (χ1n) is 3.96. The van der Waals surface area contributed by atoms with E-state index in [-0.39, 0.29) is 11.9 Å². The Kier molecular flexibility index (Phi) is 4.34. The Balaban J connectivity index is 2.77. The number of nitrogen functional groups attached to an aromatic ring is 1. The minimum atomic E-state index is 0.200. The predicted molar refractivity (Wildman–Crippen MR) is 66.0 cm³/mol. The highest BCUT2D eigenvalue weighted by atomic mass is 127. The van der Waals surface area contributed by atoms with Gasteiger partial charge in [-0.2, -0.15) is 0 Å². The normalized spacial score (nSPS) is 12.8. The first kappa shape index (κ1) is 11.1. The Morgan fingerprint density at radius 1 is 1.62 bits per heavy atom. The fraction of sp³-hybridized carbons (Fsp3) is 0.333. The van der Waals surface area contributed by atoms with Crippen LogP contribution in [0.4, 0.5) is 5.69 Å². The zero-order chi connectivity index (χ0) is 9.84. The highest BCUT2D eigenvalue weighted by Crippen LogP contribution is 2.28. The second kappa shape index (κ2) is 5.07. The molecule has 1 rings (SSSR count). The van der Waals surface area contributed by atoms with Crippen LogP contribution in [0, 0.1) is 3.57 Å². The maximum absolute atomic E-state index is 8.89. The van der Waals surface area contributed by atoms with E-state index in [1.165, 1.54) is 4.90 Å². The van der Waals surface area contributed by atoms with Gasteiger partial charge in [0.15, 0.2) is 0 Å². The van der Waals surface area contributed by atoms with Crippen molar-refractivity contribution in [3.63, 3.8) is 0 Å². The largest absolute Gasteiger partial charge is 0.399 e. The molecule has 0 amide bonds. The molecule has 0 spiro atoms. The molecule has 1 aromatic carbocycles. The molecule has 72 valence electrons. The molecule has 0 saturated carbocycles. The molecule has 1 unspecified atom stereocenters. The number of rotatable bonds is 3. The number of benzene rings is 1. The molecule has 0 heterocycles. The molecule has 2 nitrogen and oxygen atoms in total. The number of anilines is 1. The number of aliphatic hydroxyl groups excluding tert-OH is 1. The second-order valence-electron chi connectivity index (χ2n) is 2.80. The van der Waals surface area contributed by atoms with Crippen molar-refractivity contribution in [1.29, 1.82) is 0 Å². The van der Waals surface area contributed by atoms with Gasteiger partial charge >= 0.3 is 0 Å². The van der Waals surface area contributed by atoms with Gasteiger partial charge in [0.05, 0.1) is 6.61 Å². The van der Waals surface area contributed by atoms with Crippen molar-refractivity contribution < 1.29 is 5.11 Å². The van der Waals surface area contributed by atoms with E-state index >= 15 is 0 Å². The summed E-state index contributed by atoms with van der Waals surface area (Å²) in [4.78, 5) is 1.18. The van der Waals surface area contributed by atoms with E-state index in [1.54, 1.807) is 11.8 Å². The fourth-order valence-corrected chi connectivity index (χ4v) is 2.61. The van der Waals surface area contributed by atoms with Crippen LogP contribution in [0.1, 0.15) is 6.92 Å². The Hall–Kier alpha value is 0.0600. The maximum atomic E-state index is 8.89. The number of hydrogen-bond acceptors (Lipinski definition) is 3.